The van der Waals surface area contributed by atoms with Crippen LogP contribution in [0.15, 0.2) is 55.0 Å². The number of carbonyl (C=O) groups excluding carboxylic acids is 2. The number of piperidine rings is 1. The highest BCUT2D eigenvalue weighted by atomic mass is 19.1. The van der Waals surface area contributed by atoms with Gasteiger partial charge in [0.15, 0.2) is 0 Å². The van der Waals surface area contributed by atoms with Gasteiger partial charge in [-0.2, -0.15) is 0 Å². The first-order valence-electron chi connectivity index (χ1n) is 14.3. The molecule has 1 aliphatic heterocycles. The molecule has 4 heterocycles. The van der Waals surface area contributed by atoms with Gasteiger partial charge in [0.1, 0.15) is 34.4 Å². The number of halogens is 3. The lowest BCUT2D eigenvalue weighted by atomic mass is 9.89. The van der Waals surface area contributed by atoms with Crippen LogP contribution in [0.1, 0.15) is 49.9 Å². The van der Waals surface area contributed by atoms with Gasteiger partial charge in [-0.1, -0.05) is 18.2 Å². The quantitative estimate of drug-likeness (QED) is 0.297. The summed E-state index contributed by atoms with van der Waals surface area (Å²) >= 11 is 0. The van der Waals surface area contributed by atoms with Crippen LogP contribution in [0.5, 0.6) is 0 Å². The standard InChI is InChI=1S/C31H33F3N8O3/c1-17-14-41(16-24(38-30(44)45-31(3,4)5)28(17)42-15-18(2)39-40-42)25-11-12-35-13-23(25)37-29(43)22-10-9-21(34)27(36-22)26-19(32)7-6-8-20(26)33/h6-13,15,17,24,28H,14,16H2,1-5H3,(H,37,43)(H,38,44). The van der Waals surface area contributed by atoms with Crippen LogP contribution >= 0.6 is 0 Å². The fourth-order valence-corrected chi connectivity index (χ4v) is 5.43. The Balaban J connectivity index is 1.42. The van der Waals surface area contributed by atoms with E-state index in [1.165, 1.54) is 6.20 Å². The van der Waals surface area contributed by atoms with E-state index >= 15 is 0 Å². The van der Waals surface area contributed by atoms with Crippen LogP contribution in [0.25, 0.3) is 11.3 Å². The number of aryl methyl sites for hydroxylation is 1. The van der Waals surface area contributed by atoms with Crippen molar-refractivity contribution in [3.05, 3.63) is 83.8 Å². The molecule has 5 rings (SSSR count). The molecule has 3 unspecified atom stereocenters. The number of pyridine rings is 2. The monoisotopic (exact) mass is 622 g/mol. The Labute approximate surface area is 257 Å². The molecule has 1 aromatic carbocycles. The highest BCUT2D eigenvalue weighted by molar-refractivity contribution is 6.04. The van der Waals surface area contributed by atoms with Crippen molar-refractivity contribution in [3.8, 4) is 11.3 Å². The first-order chi connectivity index (χ1) is 21.3. The van der Waals surface area contributed by atoms with Gasteiger partial charge < -0.3 is 20.3 Å². The molecule has 14 heteroatoms. The maximum Gasteiger partial charge on any atom is 0.408 e. The van der Waals surface area contributed by atoms with Gasteiger partial charge in [-0.15, -0.1) is 5.10 Å². The number of hydrogen-bond donors (Lipinski definition) is 2. The van der Waals surface area contributed by atoms with E-state index in [4.69, 9.17) is 4.74 Å². The molecule has 4 aromatic rings. The van der Waals surface area contributed by atoms with Crippen LogP contribution in [-0.2, 0) is 4.74 Å². The number of rotatable bonds is 6. The first-order valence-corrected chi connectivity index (χ1v) is 14.3. The second kappa shape index (κ2) is 12.5. The number of nitrogens with one attached hydrogen (secondary N) is 2. The van der Waals surface area contributed by atoms with Crippen molar-refractivity contribution in [1.29, 1.82) is 0 Å². The van der Waals surface area contributed by atoms with Crippen molar-refractivity contribution in [1.82, 2.24) is 30.3 Å². The molecule has 236 valence electrons. The Bertz CT molecular complexity index is 1700. The molecule has 3 aromatic heterocycles. The molecule has 0 bridgehead atoms. The normalized spacial score (nSPS) is 18.4. The number of nitrogens with zero attached hydrogens (tertiary/aromatic N) is 6. The molecule has 0 aliphatic carbocycles. The Morgan fingerprint density at radius 1 is 1.02 bits per heavy atom. The Morgan fingerprint density at radius 2 is 1.76 bits per heavy atom. The Kier molecular flexibility index (Phi) is 8.75. The molecule has 2 amide bonds. The van der Waals surface area contributed by atoms with Crippen molar-refractivity contribution in [2.75, 3.05) is 23.3 Å². The van der Waals surface area contributed by atoms with Crippen molar-refractivity contribution >= 4 is 23.4 Å². The van der Waals surface area contributed by atoms with Crippen molar-refractivity contribution in [2.24, 2.45) is 5.92 Å². The van der Waals surface area contributed by atoms with Crippen molar-refractivity contribution in [3.63, 3.8) is 0 Å². The number of benzene rings is 1. The van der Waals surface area contributed by atoms with E-state index in [1.54, 1.807) is 37.7 Å². The average molecular weight is 623 g/mol. The molecule has 11 nitrogen and oxygen atoms in total. The molecular weight excluding hydrogens is 589 g/mol. The minimum atomic E-state index is -1.01. The predicted octanol–water partition coefficient (Wildman–Crippen LogP) is 5.30. The summed E-state index contributed by atoms with van der Waals surface area (Å²) in [6.07, 6.45) is 4.24. The van der Waals surface area contributed by atoms with E-state index in [2.05, 4.69) is 30.9 Å². The molecule has 3 atom stereocenters. The largest absolute Gasteiger partial charge is 0.444 e. The Hall–Kier alpha value is -5.01. The van der Waals surface area contributed by atoms with Gasteiger partial charge in [0.2, 0.25) is 0 Å². The van der Waals surface area contributed by atoms with Crippen LogP contribution in [0, 0.1) is 30.3 Å². The lowest BCUT2D eigenvalue weighted by molar-refractivity contribution is 0.0465. The van der Waals surface area contributed by atoms with Crippen LogP contribution in [0.3, 0.4) is 0 Å². The maximum absolute atomic E-state index is 14.6. The third-order valence-electron chi connectivity index (χ3n) is 7.22. The zero-order valence-electron chi connectivity index (χ0n) is 25.4. The molecule has 0 radical (unpaired) electrons. The fraction of sp³-hybridized carbons (Fsp3) is 0.355. The summed E-state index contributed by atoms with van der Waals surface area (Å²) in [5, 5.41) is 14.1. The highest BCUT2D eigenvalue weighted by Crippen LogP contribution is 2.35. The third kappa shape index (κ3) is 7.05. The second-order valence-electron chi connectivity index (χ2n) is 11.9. The lowest BCUT2D eigenvalue weighted by Gasteiger charge is -2.44. The van der Waals surface area contributed by atoms with Crippen molar-refractivity contribution < 1.29 is 27.5 Å². The van der Waals surface area contributed by atoms with Crippen molar-refractivity contribution in [2.45, 2.75) is 52.3 Å². The van der Waals surface area contributed by atoms with Gasteiger partial charge in [0, 0.05) is 25.5 Å². The number of amides is 2. The number of aromatic nitrogens is 5. The summed E-state index contributed by atoms with van der Waals surface area (Å²) in [5.41, 5.74) is -0.632. The van der Waals surface area contributed by atoms with Crippen LogP contribution in [0.2, 0.25) is 0 Å². The summed E-state index contributed by atoms with van der Waals surface area (Å²) in [7, 11) is 0. The van der Waals surface area contributed by atoms with Gasteiger partial charge in [-0.3, -0.25) is 9.78 Å². The summed E-state index contributed by atoms with van der Waals surface area (Å²) in [6.45, 7) is 10.00. The molecule has 1 aliphatic rings. The lowest BCUT2D eigenvalue weighted by Crippen LogP contribution is -2.57. The highest BCUT2D eigenvalue weighted by Gasteiger charge is 2.39. The maximum atomic E-state index is 14.6. The smallest absolute Gasteiger partial charge is 0.408 e. The molecular formula is C31H33F3N8O3. The topological polar surface area (TPSA) is 127 Å². The Morgan fingerprint density at radius 3 is 2.42 bits per heavy atom. The van der Waals surface area contributed by atoms with Crippen LogP contribution in [0.4, 0.5) is 29.3 Å². The summed E-state index contributed by atoms with van der Waals surface area (Å²) in [6, 6.07) is 6.15. The van der Waals surface area contributed by atoms with E-state index < -0.39 is 52.4 Å². The van der Waals surface area contributed by atoms with E-state index in [0.717, 1.165) is 36.0 Å². The first kappa shape index (κ1) is 31.4. The molecule has 0 saturated carbocycles. The molecule has 2 N–H and O–H groups in total. The number of hydrogen-bond acceptors (Lipinski definition) is 8. The minimum Gasteiger partial charge on any atom is -0.444 e. The van der Waals surface area contributed by atoms with Gasteiger partial charge in [-0.05, 0) is 63.9 Å². The minimum absolute atomic E-state index is 0.0616. The van der Waals surface area contributed by atoms with Crippen LogP contribution < -0.4 is 15.5 Å². The van der Waals surface area contributed by atoms with Gasteiger partial charge in [-0.25, -0.2) is 27.6 Å². The number of anilines is 2. The number of carbonyl (C=O) groups is 2. The second-order valence-corrected chi connectivity index (χ2v) is 11.9. The molecule has 1 fully saturated rings. The zero-order valence-corrected chi connectivity index (χ0v) is 25.4. The van der Waals surface area contributed by atoms with Gasteiger partial charge in [0.25, 0.3) is 5.91 Å². The predicted molar refractivity (Wildman–Crippen MR) is 160 cm³/mol. The zero-order chi connectivity index (χ0) is 32.5. The van der Waals surface area contributed by atoms with E-state index in [9.17, 15) is 22.8 Å². The molecule has 45 heavy (non-hydrogen) atoms. The summed E-state index contributed by atoms with van der Waals surface area (Å²) < 4.78 is 50.7. The number of ether oxygens (including phenoxy) is 1. The van der Waals surface area contributed by atoms with E-state index in [0.29, 0.717) is 24.5 Å². The van der Waals surface area contributed by atoms with E-state index in [-0.39, 0.29) is 17.7 Å². The number of alkyl carbamates (subject to hydrolysis) is 1. The fourth-order valence-electron chi connectivity index (χ4n) is 5.43. The summed E-state index contributed by atoms with van der Waals surface area (Å²) in [5.74, 6) is -3.82. The third-order valence-corrected chi connectivity index (χ3v) is 7.22. The average Bonchev–Trinajstić information content (AvgIpc) is 3.38. The summed E-state index contributed by atoms with van der Waals surface area (Å²) in [4.78, 5) is 36.3. The molecule has 0 spiro atoms. The SMILES string of the molecule is Cc1cn(C2C(C)CN(c3ccncc3NC(=O)c3ccc(F)c(-c4c(F)cccc4F)n3)CC2NC(=O)OC(C)(C)C)nn1. The molecule has 1 saturated heterocycles. The van der Waals surface area contributed by atoms with Crippen LogP contribution in [-0.4, -0.2) is 61.7 Å². The van der Waals surface area contributed by atoms with E-state index in [1.807, 2.05) is 24.9 Å². The van der Waals surface area contributed by atoms with Gasteiger partial charge >= 0.3 is 6.09 Å². The van der Waals surface area contributed by atoms with Gasteiger partial charge in [0.05, 0.1) is 40.9 Å².